The lowest BCUT2D eigenvalue weighted by Gasteiger charge is -2.33. The van der Waals surface area contributed by atoms with Gasteiger partial charge in [0.2, 0.25) is 0 Å². The fourth-order valence-corrected chi connectivity index (χ4v) is 3.61. The molecular weight excluding hydrogens is 226 g/mol. The van der Waals surface area contributed by atoms with Crippen LogP contribution in [-0.4, -0.2) is 74.4 Å². The molecule has 0 aliphatic carbocycles. The first-order valence-corrected chi connectivity index (χ1v) is 7.69. The first-order valence-electron chi connectivity index (χ1n) is 7.69. The lowest BCUT2D eigenvalue weighted by Crippen LogP contribution is -2.46. The van der Waals surface area contributed by atoms with Crippen LogP contribution in [0.2, 0.25) is 0 Å². The number of piperidine rings is 1. The molecule has 0 spiro atoms. The molecule has 0 bridgehead atoms. The van der Waals surface area contributed by atoms with Crippen LogP contribution in [0.3, 0.4) is 0 Å². The highest BCUT2D eigenvalue weighted by Crippen LogP contribution is 2.18. The SMILES string of the molecule is C1CCC(CN2CCC(N3CCOCC3)C2)NC1. The van der Waals surface area contributed by atoms with Crippen molar-refractivity contribution in [3.05, 3.63) is 0 Å². The molecule has 104 valence electrons. The molecule has 2 unspecified atom stereocenters. The van der Waals surface area contributed by atoms with E-state index in [4.69, 9.17) is 4.74 Å². The van der Waals surface area contributed by atoms with Crippen molar-refractivity contribution in [2.45, 2.75) is 37.8 Å². The van der Waals surface area contributed by atoms with Crippen LogP contribution in [0, 0.1) is 0 Å². The van der Waals surface area contributed by atoms with Gasteiger partial charge in [0.25, 0.3) is 0 Å². The van der Waals surface area contributed by atoms with Crippen LogP contribution < -0.4 is 5.32 Å². The number of hydrogen-bond acceptors (Lipinski definition) is 4. The predicted octanol–water partition coefficient (Wildman–Crippen LogP) is 0.535. The lowest BCUT2D eigenvalue weighted by molar-refractivity contribution is 0.0183. The Bertz CT molecular complexity index is 249. The predicted molar refractivity (Wildman–Crippen MR) is 72.9 cm³/mol. The van der Waals surface area contributed by atoms with E-state index in [9.17, 15) is 0 Å². The van der Waals surface area contributed by atoms with Crippen molar-refractivity contribution >= 4 is 0 Å². The second-order valence-electron chi connectivity index (χ2n) is 6.00. The highest BCUT2D eigenvalue weighted by Gasteiger charge is 2.29. The molecule has 0 amide bonds. The zero-order valence-corrected chi connectivity index (χ0v) is 11.4. The molecule has 3 aliphatic heterocycles. The van der Waals surface area contributed by atoms with E-state index in [0.29, 0.717) is 0 Å². The molecule has 1 N–H and O–H groups in total. The van der Waals surface area contributed by atoms with E-state index in [1.807, 2.05) is 0 Å². The number of morpholine rings is 1. The highest BCUT2D eigenvalue weighted by molar-refractivity contribution is 4.87. The zero-order valence-electron chi connectivity index (χ0n) is 11.4. The average Bonchev–Trinajstić information content (AvgIpc) is 2.89. The van der Waals surface area contributed by atoms with Gasteiger partial charge in [-0.25, -0.2) is 0 Å². The fourth-order valence-electron chi connectivity index (χ4n) is 3.61. The Hall–Kier alpha value is -0.160. The minimum atomic E-state index is 0.752. The van der Waals surface area contributed by atoms with Gasteiger partial charge in [0.05, 0.1) is 13.2 Å². The van der Waals surface area contributed by atoms with Crippen molar-refractivity contribution in [3.63, 3.8) is 0 Å². The van der Waals surface area contributed by atoms with Gasteiger partial charge in [-0.1, -0.05) is 6.42 Å². The van der Waals surface area contributed by atoms with Gasteiger partial charge in [-0.05, 0) is 32.4 Å². The summed E-state index contributed by atoms with van der Waals surface area (Å²) in [5.41, 5.74) is 0. The van der Waals surface area contributed by atoms with Gasteiger partial charge in [0.15, 0.2) is 0 Å². The van der Waals surface area contributed by atoms with E-state index in [0.717, 1.165) is 38.4 Å². The zero-order chi connectivity index (χ0) is 12.2. The van der Waals surface area contributed by atoms with Crippen molar-refractivity contribution in [1.29, 1.82) is 0 Å². The van der Waals surface area contributed by atoms with Gasteiger partial charge in [-0.15, -0.1) is 0 Å². The van der Waals surface area contributed by atoms with Crippen LogP contribution in [0.15, 0.2) is 0 Å². The normalized spacial score (nSPS) is 36.0. The van der Waals surface area contributed by atoms with Crippen molar-refractivity contribution in [1.82, 2.24) is 15.1 Å². The van der Waals surface area contributed by atoms with Crippen LogP contribution >= 0.6 is 0 Å². The molecule has 3 rings (SSSR count). The molecule has 3 aliphatic rings. The van der Waals surface area contributed by atoms with E-state index in [2.05, 4.69) is 15.1 Å². The molecule has 0 aromatic heterocycles. The molecule has 2 atom stereocenters. The quantitative estimate of drug-likeness (QED) is 0.794. The molecule has 0 aromatic rings. The van der Waals surface area contributed by atoms with Gasteiger partial charge < -0.3 is 15.0 Å². The summed E-state index contributed by atoms with van der Waals surface area (Å²) in [5.74, 6) is 0. The topological polar surface area (TPSA) is 27.7 Å². The Morgan fingerprint density at radius 1 is 1.06 bits per heavy atom. The molecule has 18 heavy (non-hydrogen) atoms. The lowest BCUT2D eigenvalue weighted by atomic mass is 10.0. The van der Waals surface area contributed by atoms with Gasteiger partial charge in [-0.2, -0.15) is 0 Å². The maximum Gasteiger partial charge on any atom is 0.0594 e. The second kappa shape index (κ2) is 6.33. The number of hydrogen-bond donors (Lipinski definition) is 1. The first kappa shape index (κ1) is 12.9. The van der Waals surface area contributed by atoms with Gasteiger partial charge >= 0.3 is 0 Å². The molecule has 3 saturated heterocycles. The number of likely N-dealkylation sites (tertiary alicyclic amines) is 1. The summed E-state index contributed by atoms with van der Waals surface area (Å²) in [5, 5.41) is 3.67. The third-order valence-electron chi connectivity index (χ3n) is 4.70. The van der Waals surface area contributed by atoms with Gasteiger partial charge in [0, 0.05) is 38.3 Å². The summed E-state index contributed by atoms with van der Waals surface area (Å²) >= 11 is 0. The van der Waals surface area contributed by atoms with Crippen molar-refractivity contribution in [3.8, 4) is 0 Å². The summed E-state index contributed by atoms with van der Waals surface area (Å²) in [6, 6.07) is 1.54. The Morgan fingerprint density at radius 2 is 1.94 bits per heavy atom. The highest BCUT2D eigenvalue weighted by atomic mass is 16.5. The van der Waals surface area contributed by atoms with E-state index in [-0.39, 0.29) is 0 Å². The average molecular weight is 253 g/mol. The standard InChI is InChI=1S/C14H27N3O/c1-2-5-15-13(3-1)11-16-6-4-14(12-16)17-7-9-18-10-8-17/h13-15H,1-12H2. The second-order valence-corrected chi connectivity index (χ2v) is 6.00. The number of ether oxygens (including phenoxy) is 1. The largest absolute Gasteiger partial charge is 0.379 e. The molecule has 4 nitrogen and oxygen atoms in total. The van der Waals surface area contributed by atoms with Crippen molar-refractivity contribution < 1.29 is 4.74 Å². The van der Waals surface area contributed by atoms with Crippen molar-refractivity contribution in [2.75, 3.05) is 52.5 Å². The Kier molecular flexibility index (Phi) is 4.52. The van der Waals surface area contributed by atoms with Gasteiger partial charge in [-0.3, -0.25) is 4.90 Å². The van der Waals surface area contributed by atoms with Crippen LogP contribution in [0.4, 0.5) is 0 Å². The van der Waals surface area contributed by atoms with E-state index in [1.54, 1.807) is 0 Å². The van der Waals surface area contributed by atoms with Gasteiger partial charge in [0.1, 0.15) is 0 Å². The molecule has 0 aromatic carbocycles. The summed E-state index contributed by atoms with van der Waals surface area (Å²) in [6.07, 6.45) is 5.51. The Labute approximate surface area is 111 Å². The summed E-state index contributed by atoms with van der Waals surface area (Å²) in [4.78, 5) is 5.31. The summed E-state index contributed by atoms with van der Waals surface area (Å²) in [7, 11) is 0. The molecule has 0 radical (unpaired) electrons. The molecule has 0 saturated carbocycles. The van der Waals surface area contributed by atoms with Crippen LogP contribution in [-0.2, 0) is 4.74 Å². The number of rotatable bonds is 3. The maximum atomic E-state index is 5.44. The monoisotopic (exact) mass is 253 g/mol. The maximum absolute atomic E-state index is 5.44. The van der Waals surface area contributed by atoms with Crippen LogP contribution in [0.25, 0.3) is 0 Å². The Balaban J connectivity index is 1.42. The third-order valence-corrected chi connectivity index (χ3v) is 4.70. The van der Waals surface area contributed by atoms with E-state index < -0.39 is 0 Å². The molecule has 4 heteroatoms. The Morgan fingerprint density at radius 3 is 2.72 bits per heavy atom. The molecule has 3 heterocycles. The molecule has 3 fully saturated rings. The smallest absolute Gasteiger partial charge is 0.0594 e. The first-order chi connectivity index (χ1) is 8.92. The van der Waals surface area contributed by atoms with E-state index >= 15 is 0 Å². The number of nitrogens with zero attached hydrogens (tertiary/aromatic N) is 2. The minimum Gasteiger partial charge on any atom is -0.379 e. The third kappa shape index (κ3) is 3.23. The molecular formula is C14H27N3O. The van der Waals surface area contributed by atoms with Crippen molar-refractivity contribution in [2.24, 2.45) is 0 Å². The fraction of sp³-hybridized carbons (Fsp3) is 1.00. The van der Waals surface area contributed by atoms with E-state index in [1.165, 1.54) is 51.9 Å². The van der Waals surface area contributed by atoms with Crippen LogP contribution in [0.1, 0.15) is 25.7 Å². The summed E-state index contributed by atoms with van der Waals surface area (Å²) in [6.45, 7) is 9.20. The number of nitrogens with one attached hydrogen (secondary N) is 1. The minimum absolute atomic E-state index is 0.752. The summed E-state index contributed by atoms with van der Waals surface area (Å²) < 4.78 is 5.44. The van der Waals surface area contributed by atoms with Crippen LogP contribution in [0.5, 0.6) is 0 Å².